The van der Waals surface area contributed by atoms with Crippen LogP contribution in [0.25, 0.3) is 0 Å². The Kier molecular flexibility index (Phi) is 7.44. The molecule has 1 fully saturated rings. The quantitative estimate of drug-likeness (QED) is 0.379. The zero-order valence-corrected chi connectivity index (χ0v) is 21.6. The van der Waals surface area contributed by atoms with Gasteiger partial charge in [-0.25, -0.2) is 4.98 Å². The van der Waals surface area contributed by atoms with Crippen LogP contribution in [0.2, 0.25) is 5.02 Å². The molecular formula is C23H29ClN7O3P. The van der Waals surface area contributed by atoms with Gasteiger partial charge in [0.25, 0.3) is 0 Å². The molecule has 4 rings (SSSR count). The van der Waals surface area contributed by atoms with Gasteiger partial charge in [-0.05, 0) is 45.2 Å². The molecule has 0 amide bonds. The number of piperidine rings is 1. The van der Waals surface area contributed by atoms with E-state index in [4.69, 9.17) is 16.7 Å². The molecule has 3 aromatic rings. The second kappa shape index (κ2) is 10.4. The molecule has 1 aliphatic heterocycles. The van der Waals surface area contributed by atoms with Crippen LogP contribution < -0.4 is 15.9 Å². The van der Waals surface area contributed by atoms with Crippen molar-refractivity contribution in [1.82, 2.24) is 24.6 Å². The Labute approximate surface area is 209 Å². The van der Waals surface area contributed by atoms with Crippen LogP contribution in [0.1, 0.15) is 24.6 Å². The van der Waals surface area contributed by atoms with Crippen molar-refractivity contribution in [2.24, 2.45) is 0 Å². The highest BCUT2D eigenvalue weighted by atomic mass is 35.5. The van der Waals surface area contributed by atoms with Crippen molar-refractivity contribution in [3.8, 4) is 0 Å². The number of likely N-dealkylation sites (tertiary alicyclic amines) is 1. The molecule has 1 aromatic carbocycles. The number of para-hydroxylation sites is 1. The number of benzene rings is 1. The van der Waals surface area contributed by atoms with Gasteiger partial charge < -0.3 is 20.3 Å². The molecule has 0 bridgehead atoms. The largest absolute Gasteiger partial charge is 0.480 e. The van der Waals surface area contributed by atoms with Crippen LogP contribution in [0.3, 0.4) is 0 Å². The number of carboxylic acids is 1. The topological polar surface area (TPSA) is 125 Å². The fourth-order valence-corrected chi connectivity index (χ4v) is 5.53. The van der Waals surface area contributed by atoms with Gasteiger partial charge in [0, 0.05) is 18.4 Å². The van der Waals surface area contributed by atoms with E-state index >= 15 is 0 Å². The first kappa shape index (κ1) is 25.2. The lowest BCUT2D eigenvalue weighted by atomic mass is 10.1. The number of aliphatic carboxylic acids is 1. The van der Waals surface area contributed by atoms with Crippen molar-refractivity contribution >= 4 is 53.2 Å². The van der Waals surface area contributed by atoms with Crippen molar-refractivity contribution in [2.45, 2.75) is 25.8 Å². The predicted octanol–water partition coefficient (Wildman–Crippen LogP) is 4.09. The summed E-state index contributed by atoms with van der Waals surface area (Å²) in [6.45, 7) is 6.93. The fraction of sp³-hybridized carbons (Fsp3) is 0.391. The van der Waals surface area contributed by atoms with Gasteiger partial charge in [-0.3, -0.25) is 14.4 Å². The van der Waals surface area contributed by atoms with Crippen LogP contribution in [0.5, 0.6) is 0 Å². The van der Waals surface area contributed by atoms with Crippen LogP contribution in [-0.4, -0.2) is 68.7 Å². The van der Waals surface area contributed by atoms with Gasteiger partial charge in [0.15, 0.2) is 5.82 Å². The average Bonchev–Trinajstić information content (AvgIpc) is 3.16. The third-order valence-electron chi connectivity index (χ3n) is 6.03. The van der Waals surface area contributed by atoms with E-state index in [1.54, 1.807) is 19.5 Å². The van der Waals surface area contributed by atoms with Gasteiger partial charge in [-0.15, -0.1) is 0 Å². The summed E-state index contributed by atoms with van der Waals surface area (Å²) in [5, 5.41) is 21.0. The van der Waals surface area contributed by atoms with Gasteiger partial charge in [-0.1, -0.05) is 23.7 Å². The lowest BCUT2D eigenvalue weighted by Crippen LogP contribution is -2.38. The second-order valence-corrected chi connectivity index (χ2v) is 12.6. The molecule has 186 valence electrons. The van der Waals surface area contributed by atoms with Crippen molar-refractivity contribution in [1.29, 1.82) is 0 Å². The maximum absolute atomic E-state index is 12.7. The van der Waals surface area contributed by atoms with E-state index in [1.165, 1.54) is 6.20 Å². The molecule has 35 heavy (non-hydrogen) atoms. The predicted molar refractivity (Wildman–Crippen MR) is 138 cm³/mol. The molecule has 3 heterocycles. The molecular weight excluding hydrogens is 489 g/mol. The van der Waals surface area contributed by atoms with Crippen molar-refractivity contribution in [3.05, 3.63) is 47.4 Å². The first-order valence-corrected chi connectivity index (χ1v) is 14.3. The summed E-state index contributed by atoms with van der Waals surface area (Å²) in [6, 6.07) is 7.59. The standard InChI is InChI=1S/C23H29ClN7O3P/c1-15-19(13-26-31(15)16-8-10-30(11-9-16)14-21(32)33)28-23-25-12-17(24)22(29-23)27-18-6-4-5-7-20(18)35(2,3)34/h4-7,12-13,16H,8-11,14H2,1-3H3,(H,32,33)(H2,25,27,28,29). The molecule has 3 N–H and O–H groups in total. The molecule has 12 heteroatoms. The number of nitrogens with zero attached hydrogens (tertiary/aromatic N) is 5. The van der Waals surface area contributed by atoms with Crippen molar-refractivity contribution in [2.75, 3.05) is 43.6 Å². The molecule has 0 unspecified atom stereocenters. The number of anilines is 4. The molecule has 10 nitrogen and oxygen atoms in total. The minimum atomic E-state index is -2.51. The highest BCUT2D eigenvalue weighted by Crippen LogP contribution is 2.38. The average molecular weight is 518 g/mol. The third kappa shape index (κ3) is 6.01. The van der Waals surface area contributed by atoms with Crippen molar-refractivity contribution in [3.63, 3.8) is 0 Å². The molecule has 1 saturated heterocycles. The number of rotatable bonds is 8. The van der Waals surface area contributed by atoms with E-state index in [9.17, 15) is 9.36 Å². The summed E-state index contributed by atoms with van der Waals surface area (Å²) in [5.74, 6) is -0.0469. The third-order valence-corrected chi connectivity index (χ3v) is 7.86. The highest BCUT2D eigenvalue weighted by Gasteiger charge is 2.24. The van der Waals surface area contributed by atoms with Crippen LogP contribution in [-0.2, 0) is 9.36 Å². The van der Waals surface area contributed by atoms with Crippen molar-refractivity contribution < 1.29 is 14.5 Å². The van der Waals surface area contributed by atoms with Gasteiger partial charge in [0.05, 0.1) is 42.0 Å². The Morgan fingerprint density at radius 1 is 1.17 bits per heavy atom. The number of carbonyl (C=O) groups is 1. The molecule has 0 saturated carbocycles. The van der Waals surface area contributed by atoms with Gasteiger partial charge in [0.2, 0.25) is 5.95 Å². The Morgan fingerprint density at radius 2 is 1.89 bits per heavy atom. The van der Waals surface area contributed by atoms with E-state index in [-0.39, 0.29) is 12.6 Å². The van der Waals surface area contributed by atoms with Gasteiger partial charge in [0.1, 0.15) is 12.2 Å². The summed E-state index contributed by atoms with van der Waals surface area (Å²) >= 11 is 6.35. The minimum absolute atomic E-state index is 0.0699. The first-order valence-electron chi connectivity index (χ1n) is 11.3. The SMILES string of the molecule is Cc1c(Nc2ncc(Cl)c(Nc3ccccc3P(C)(C)=O)n2)cnn1C1CCN(CC(=O)O)CC1. The summed E-state index contributed by atoms with van der Waals surface area (Å²) in [5.41, 5.74) is 2.40. The summed E-state index contributed by atoms with van der Waals surface area (Å²) in [4.78, 5) is 21.7. The maximum Gasteiger partial charge on any atom is 0.317 e. The van der Waals surface area contributed by atoms with E-state index < -0.39 is 13.1 Å². The highest BCUT2D eigenvalue weighted by molar-refractivity contribution is 7.70. The zero-order chi connectivity index (χ0) is 25.2. The summed E-state index contributed by atoms with van der Waals surface area (Å²) < 4.78 is 14.7. The van der Waals surface area contributed by atoms with Crippen LogP contribution in [0.4, 0.5) is 23.1 Å². The number of nitrogens with one attached hydrogen (secondary N) is 2. The number of carboxylic acid groups (broad SMARTS) is 1. The Bertz CT molecular complexity index is 1270. The Hall–Kier alpha value is -2.94. The summed E-state index contributed by atoms with van der Waals surface area (Å²) in [6.07, 6.45) is 4.92. The number of hydrogen-bond acceptors (Lipinski definition) is 8. The summed E-state index contributed by atoms with van der Waals surface area (Å²) in [7, 11) is -2.51. The molecule has 1 aliphatic rings. The lowest BCUT2D eigenvalue weighted by molar-refractivity contribution is -0.138. The lowest BCUT2D eigenvalue weighted by Gasteiger charge is -2.31. The Morgan fingerprint density at radius 3 is 2.57 bits per heavy atom. The van der Waals surface area contributed by atoms with Crippen LogP contribution in [0, 0.1) is 6.92 Å². The molecule has 0 radical (unpaired) electrons. The molecule has 0 spiro atoms. The van der Waals surface area contributed by atoms with Gasteiger partial charge >= 0.3 is 5.97 Å². The first-order chi connectivity index (χ1) is 16.6. The van der Waals surface area contributed by atoms with Gasteiger partial charge in [-0.2, -0.15) is 10.1 Å². The van der Waals surface area contributed by atoms with E-state index in [2.05, 4.69) is 25.7 Å². The Balaban J connectivity index is 1.49. The second-order valence-electron chi connectivity index (χ2n) is 9.00. The number of halogens is 1. The number of hydrogen-bond donors (Lipinski definition) is 3. The van der Waals surface area contributed by atoms with E-state index in [0.717, 1.165) is 42.6 Å². The molecule has 0 atom stereocenters. The normalized spacial score (nSPS) is 15.2. The minimum Gasteiger partial charge on any atom is -0.480 e. The van der Waals surface area contributed by atoms with E-state index in [0.29, 0.717) is 22.5 Å². The molecule has 2 aromatic heterocycles. The van der Waals surface area contributed by atoms with Crippen LogP contribution >= 0.6 is 18.7 Å². The smallest absolute Gasteiger partial charge is 0.317 e. The number of aromatic nitrogens is 4. The zero-order valence-electron chi connectivity index (χ0n) is 19.9. The fourth-order valence-electron chi connectivity index (χ4n) is 4.24. The van der Waals surface area contributed by atoms with E-state index in [1.807, 2.05) is 40.8 Å². The van der Waals surface area contributed by atoms with Crippen LogP contribution in [0.15, 0.2) is 36.7 Å². The molecule has 0 aliphatic carbocycles. The maximum atomic E-state index is 12.7. The monoisotopic (exact) mass is 517 g/mol.